The van der Waals surface area contributed by atoms with E-state index in [0.717, 1.165) is 5.57 Å². The molecule has 0 saturated heterocycles. The van der Waals surface area contributed by atoms with Crippen LogP contribution in [0.15, 0.2) is 33.8 Å². The van der Waals surface area contributed by atoms with E-state index < -0.39 is 10.0 Å². The lowest BCUT2D eigenvalue weighted by molar-refractivity contribution is 0.359. The minimum atomic E-state index is -3.59. The molecule has 0 unspecified atom stereocenters. The Balaban J connectivity index is 2.71. The summed E-state index contributed by atoms with van der Waals surface area (Å²) in [6.45, 7) is 12.2. The number of hydrogen-bond donors (Lipinski definition) is 2. The smallest absolute Gasteiger partial charge is 0.274 e. The van der Waals surface area contributed by atoms with Crippen molar-refractivity contribution in [1.82, 2.24) is 10.0 Å². The van der Waals surface area contributed by atoms with E-state index >= 15 is 0 Å². The van der Waals surface area contributed by atoms with Gasteiger partial charge in [-0.05, 0) is 39.8 Å². The summed E-state index contributed by atoms with van der Waals surface area (Å²) in [4.78, 5) is 0. The molecule has 0 fully saturated rings. The van der Waals surface area contributed by atoms with Crippen molar-refractivity contribution in [1.29, 1.82) is 0 Å². The minimum Gasteiger partial charge on any atom is -0.447 e. The first-order chi connectivity index (χ1) is 8.60. The third-order valence-electron chi connectivity index (χ3n) is 2.26. The van der Waals surface area contributed by atoms with Gasteiger partial charge in [-0.25, -0.2) is 13.1 Å². The Labute approximate surface area is 115 Å². The number of hydrogen-bond acceptors (Lipinski definition) is 4. The molecule has 1 aromatic heterocycles. The van der Waals surface area contributed by atoms with Crippen LogP contribution in [0.5, 0.6) is 0 Å². The van der Waals surface area contributed by atoms with Gasteiger partial charge in [0.05, 0.1) is 6.54 Å². The summed E-state index contributed by atoms with van der Waals surface area (Å²) < 4.78 is 31.5. The zero-order chi connectivity index (χ0) is 14.7. The van der Waals surface area contributed by atoms with E-state index in [2.05, 4.69) is 16.6 Å². The molecule has 1 aromatic rings. The fraction of sp³-hybridized carbons (Fsp3) is 0.538. The third kappa shape index (κ3) is 5.59. The van der Waals surface area contributed by atoms with E-state index in [9.17, 15) is 8.42 Å². The molecular weight excluding hydrogens is 264 g/mol. The molecule has 0 aliphatic heterocycles. The summed E-state index contributed by atoms with van der Waals surface area (Å²) in [6.07, 6.45) is 0. The van der Waals surface area contributed by atoms with Crippen LogP contribution in [0.4, 0.5) is 0 Å². The van der Waals surface area contributed by atoms with Crippen molar-refractivity contribution < 1.29 is 12.8 Å². The molecule has 5 nitrogen and oxygen atoms in total. The highest BCUT2D eigenvalue weighted by molar-refractivity contribution is 7.89. The molecule has 0 aromatic carbocycles. The van der Waals surface area contributed by atoms with Crippen molar-refractivity contribution >= 4 is 10.0 Å². The largest absolute Gasteiger partial charge is 0.447 e. The highest BCUT2D eigenvalue weighted by atomic mass is 32.2. The van der Waals surface area contributed by atoms with Gasteiger partial charge in [0, 0.05) is 12.1 Å². The minimum absolute atomic E-state index is 0.0516. The molecule has 0 amide bonds. The summed E-state index contributed by atoms with van der Waals surface area (Å²) in [5, 5.41) is 3.16. The SMILES string of the molecule is C=C(C)CNS(=O)(=O)c1ccc(CNC(C)(C)C)o1. The Morgan fingerprint density at radius 3 is 2.53 bits per heavy atom. The second-order valence-electron chi connectivity index (χ2n) is 5.61. The van der Waals surface area contributed by atoms with Gasteiger partial charge in [-0.1, -0.05) is 12.2 Å². The van der Waals surface area contributed by atoms with Crippen molar-refractivity contribution in [2.75, 3.05) is 6.54 Å². The van der Waals surface area contributed by atoms with Gasteiger partial charge in [0.2, 0.25) is 5.09 Å². The van der Waals surface area contributed by atoms with E-state index in [-0.39, 0.29) is 17.2 Å². The van der Waals surface area contributed by atoms with Crippen molar-refractivity contribution in [3.05, 3.63) is 30.0 Å². The number of furan rings is 1. The normalized spacial score (nSPS) is 12.6. The maximum atomic E-state index is 11.9. The van der Waals surface area contributed by atoms with Gasteiger partial charge in [-0.15, -0.1) is 0 Å². The second-order valence-corrected chi connectivity index (χ2v) is 7.30. The van der Waals surface area contributed by atoms with Gasteiger partial charge in [-0.3, -0.25) is 0 Å². The highest BCUT2D eigenvalue weighted by Gasteiger charge is 2.19. The van der Waals surface area contributed by atoms with Crippen molar-refractivity contribution in [3.63, 3.8) is 0 Å². The summed E-state index contributed by atoms with van der Waals surface area (Å²) >= 11 is 0. The summed E-state index contributed by atoms with van der Waals surface area (Å²) in [7, 11) is -3.59. The highest BCUT2D eigenvalue weighted by Crippen LogP contribution is 2.14. The standard InChI is InChI=1S/C13H22N2O3S/c1-10(2)8-15-19(16,17)12-7-6-11(18-12)9-14-13(3,4)5/h6-7,14-15H,1,8-9H2,2-5H3. The predicted molar refractivity (Wildman–Crippen MR) is 75.3 cm³/mol. The fourth-order valence-corrected chi connectivity index (χ4v) is 2.28. The van der Waals surface area contributed by atoms with Crippen LogP contribution in [0.1, 0.15) is 33.5 Å². The summed E-state index contributed by atoms with van der Waals surface area (Å²) in [5.74, 6) is 0.589. The molecule has 0 aliphatic rings. The third-order valence-corrected chi connectivity index (χ3v) is 3.53. The van der Waals surface area contributed by atoms with Crippen molar-refractivity contribution in [2.24, 2.45) is 0 Å². The molecule has 2 N–H and O–H groups in total. The van der Waals surface area contributed by atoms with E-state index in [4.69, 9.17) is 4.42 Å². The average Bonchev–Trinajstić information content (AvgIpc) is 2.72. The van der Waals surface area contributed by atoms with Crippen LogP contribution in [0.3, 0.4) is 0 Å². The first-order valence-electron chi connectivity index (χ1n) is 6.08. The second kappa shape index (κ2) is 5.90. The predicted octanol–water partition coefficient (Wildman–Crippen LogP) is 2.02. The molecule has 0 atom stereocenters. The van der Waals surface area contributed by atoms with Crippen molar-refractivity contribution in [2.45, 2.75) is 44.9 Å². The molecule has 0 aliphatic carbocycles. The van der Waals surface area contributed by atoms with Gasteiger partial charge in [-0.2, -0.15) is 0 Å². The fourth-order valence-electron chi connectivity index (χ4n) is 1.24. The molecule has 0 spiro atoms. The topological polar surface area (TPSA) is 71.3 Å². The quantitative estimate of drug-likeness (QED) is 0.785. The van der Waals surface area contributed by atoms with Crippen LogP contribution in [0.25, 0.3) is 0 Å². The molecule has 0 radical (unpaired) electrons. The van der Waals surface area contributed by atoms with Gasteiger partial charge in [0.1, 0.15) is 5.76 Å². The number of nitrogens with one attached hydrogen (secondary N) is 2. The average molecular weight is 286 g/mol. The first kappa shape index (κ1) is 15.9. The number of rotatable bonds is 6. The molecule has 0 bridgehead atoms. The van der Waals surface area contributed by atoms with E-state index in [0.29, 0.717) is 12.3 Å². The van der Waals surface area contributed by atoms with E-state index in [1.807, 2.05) is 20.8 Å². The van der Waals surface area contributed by atoms with Crippen LogP contribution in [0.2, 0.25) is 0 Å². The maximum Gasteiger partial charge on any atom is 0.274 e. The Bertz CT molecular complexity index is 538. The van der Waals surface area contributed by atoms with Crippen LogP contribution in [0, 0.1) is 0 Å². The Hall–Kier alpha value is -1.11. The van der Waals surface area contributed by atoms with Gasteiger partial charge in [0.25, 0.3) is 10.0 Å². The summed E-state index contributed by atoms with van der Waals surface area (Å²) in [5.41, 5.74) is 0.689. The zero-order valence-electron chi connectivity index (χ0n) is 11.9. The molecule has 108 valence electrons. The molecule has 0 saturated carbocycles. The lowest BCUT2D eigenvalue weighted by Gasteiger charge is -2.19. The number of sulfonamides is 1. The Kier molecular flexibility index (Phi) is 4.95. The molecule has 1 heterocycles. The summed E-state index contributed by atoms with van der Waals surface area (Å²) in [6, 6.07) is 3.12. The van der Waals surface area contributed by atoms with Crippen LogP contribution in [-0.2, 0) is 16.6 Å². The monoisotopic (exact) mass is 286 g/mol. The van der Waals surface area contributed by atoms with E-state index in [1.54, 1.807) is 13.0 Å². The maximum absolute atomic E-state index is 11.9. The van der Waals surface area contributed by atoms with Gasteiger partial charge >= 0.3 is 0 Å². The lowest BCUT2D eigenvalue weighted by Crippen LogP contribution is -2.34. The van der Waals surface area contributed by atoms with Gasteiger partial charge in [0.15, 0.2) is 0 Å². The van der Waals surface area contributed by atoms with Gasteiger partial charge < -0.3 is 9.73 Å². The van der Waals surface area contributed by atoms with E-state index in [1.165, 1.54) is 6.07 Å². The molecule has 1 rings (SSSR count). The zero-order valence-corrected chi connectivity index (χ0v) is 12.7. The van der Waals surface area contributed by atoms with Crippen molar-refractivity contribution in [3.8, 4) is 0 Å². The molecular formula is C13H22N2O3S. The van der Waals surface area contributed by atoms with Crippen LogP contribution < -0.4 is 10.0 Å². The molecule has 6 heteroatoms. The Morgan fingerprint density at radius 1 is 1.37 bits per heavy atom. The lowest BCUT2D eigenvalue weighted by atomic mass is 10.1. The van der Waals surface area contributed by atoms with Crippen LogP contribution >= 0.6 is 0 Å². The molecule has 19 heavy (non-hydrogen) atoms. The van der Waals surface area contributed by atoms with Crippen LogP contribution in [-0.4, -0.2) is 20.5 Å². The first-order valence-corrected chi connectivity index (χ1v) is 7.56. The Morgan fingerprint density at radius 2 is 2.00 bits per heavy atom.